The van der Waals surface area contributed by atoms with E-state index in [1.54, 1.807) is 24.5 Å². The highest BCUT2D eigenvalue weighted by molar-refractivity contribution is 7.87. The molecule has 12 heteroatoms. The normalized spacial score (nSPS) is 13.7. The molecule has 0 bridgehead atoms. The Morgan fingerprint density at radius 1 is 1.29 bits per heavy atom. The summed E-state index contributed by atoms with van der Waals surface area (Å²) in [5.41, 5.74) is 0.735. The van der Waals surface area contributed by atoms with Gasteiger partial charge < -0.3 is 20.8 Å². The molecule has 1 heterocycles. The molecule has 158 valence electrons. The van der Waals surface area contributed by atoms with E-state index in [1.807, 2.05) is 0 Å². The number of carboxylic acid groups (broad SMARTS) is 1. The first-order valence-electron chi connectivity index (χ1n) is 8.64. The summed E-state index contributed by atoms with van der Waals surface area (Å²) in [6.07, 6.45) is 1.18. The highest BCUT2D eigenvalue weighted by atomic mass is 32.2. The number of nitrogens with one attached hydrogen (secondary N) is 3. The average Bonchev–Trinajstić information content (AvgIpc) is 2.64. The molecule has 5 N–H and O–H groups in total. The Morgan fingerprint density at radius 2 is 2.00 bits per heavy atom. The molecule has 0 aliphatic rings. The Balaban J connectivity index is 2.49. The zero-order valence-corrected chi connectivity index (χ0v) is 16.6. The van der Waals surface area contributed by atoms with Gasteiger partial charge in [-0.25, -0.2) is 9.52 Å². The average molecular weight is 417 g/mol. The second-order valence-electron chi connectivity index (χ2n) is 6.26. The van der Waals surface area contributed by atoms with Crippen LogP contribution < -0.4 is 15.4 Å². The molecule has 0 radical (unpaired) electrons. The highest BCUT2D eigenvalue weighted by Crippen LogP contribution is 2.07. The van der Waals surface area contributed by atoms with Crippen molar-refractivity contribution < 1.29 is 28.2 Å². The predicted octanol–water partition coefficient (Wildman–Crippen LogP) is -0.739. The van der Waals surface area contributed by atoms with Crippen LogP contribution in [0.3, 0.4) is 0 Å². The molecule has 28 heavy (non-hydrogen) atoms. The third-order valence-electron chi connectivity index (χ3n) is 3.86. The van der Waals surface area contributed by atoms with Gasteiger partial charge in [-0.3, -0.25) is 9.78 Å². The number of pyridine rings is 1. The Morgan fingerprint density at radius 3 is 2.57 bits per heavy atom. The van der Waals surface area contributed by atoms with Crippen molar-refractivity contribution in [1.29, 1.82) is 0 Å². The molecule has 2 atom stereocenters. The summed E-state index contributed by atoms with van der Waals surface area (Å²) in [4.78, 5) is 27.0. The van der Waals surface area contributed by atoms with E-state index in [0.717, 1.165) is 9.87 Å². The molecule has 0 saturated heterocycles. The number of rotatable bonds is 12. The molecule has 0 spiro atoms. The van der Waals surface area contributed by atoms with Crippen molar-refractivity contribution in [2.45, 2.75) is 38.0 Å². The number of hydrogen-bond donors (Lipinski definition) is 5. The maximum atomic E-state index is 12.1. The fourth-order valence-electron chi connectivity index (χ4n) is 2.27. The van der Waals surface area contributed by atoms with Crippen molar-refractivity contribution in [3.05, 3.63) is 30.1 Å². The lowest BCUT2D eigenvalue weighted by Crippen LogP contribution is -2.50. The summed E-state index contributed by atoms with van der Waals surface area (Å²) in [7, 11) is -0.730. The maximum absolute atomic E-state index is 12.1. The zero-order valence-electron chi connectivity index (χ0n) is 15.8. The lowest BCUT2D eigenvalue weighted by molar-refractivity contribution is -0.130. The molecule has 0 aliphatic carbocycles. The van der Waals surface area contributed by atoms with Gasteiger partial charge in [0.1, 0.15) is 0 Å². The first-order valence-corrected chi connectivity index (χ1v) is 10.1. The van der Waals surface area contributed by atoms with E-state index in [-0.39, 0.29) is 19.5 Å². The lowest BCUT2D eigenvalue weighted by atomic mass is 10.0. The Kier molecular flexibility index (Phi) is 9.79. The molecule has 1 rings (SSSR count). The number of aromatic nitrogens is 1. The number of carbonyl (C=O) groups excluding carboxylic acids is 1. The van der Waals surface area contributed by atoms with Crippen LogP contribution in [0.2, 0.25) is 0 Å². The second kappa shape index (κ2) is 11.5. The van der Waals surface area contributed by atoms with E-state index >= 15 is 0 Å². The third kappa shape index (κ3) is 8.61. The summed E-state index contributed by atoms with van der Waals surface area (Å²) >= 11 is 0. The first kappa shape index (κ1) is 23.8. The summed E-state index contributed by atoms with van der Waals surface area (Å²) in [5, 5.41) is 23.8. The standard InChI is InChI=1S/C16H27N5O6S/c1-21(2)28(26,27)19-9-4-3-7-13(20-16(24)25)14(22)15(23)18-11-12-6-5-8-17-10-12/h5-6,8,10,13-14,19-20,22H,3-4,7,9,11H2,1-2H3,(H,18,23)(H,24,25). The van der Waals surface area contributed by atoms with Crippen LogP contribution in [0.25, 0.3) is 0 Å². The molecular formula is C16H27N5O6S. The van der Waals surface area contributed by atoms with E-state index in [0.29, 0.717) is 12.8 Å². The number of hydrogen-bond acceptors (Lipinski definition) is 6. The van der Waals surface area contributed by atoms with Gasteiger partial charge in [0.2, 0.25) is 0 Å². The molecule has 2 unspecified atom stereocenters. The van der Waals surface area contributed by atoms with E-state index in [9.17, 15) is 23.1 Å². The number of aliphatic hydroxyl groups is 1. The van der Waals surface area contributed by atoms with Gasteiger partial charge in [-0.15, -0.1) is 0 Å². The minimum absolute atomic E-state index is 0.149. The summed E-state index contributed by atoms with van der Waals surface area (Å²) < 4.78 is 26.6. The molecule has 0 saturated carbocycles. The number of nitrogens with zero attached hydrogens (tertiary/aromatic N) is 2. The number of unbranched alkanes of at least 4 members (excludes halogenated alkanes) is 1. The van der Waals surface area contributed by atoms with Crippen molar-refractivity contribution in [2.24, 2.45) is 0 Å². The van der Waals surface area contributed by atoms with Crippen molar-refractivity contribution >= 4 is 22.2 Å². The molecule has 0 fully saturated rings. The van der Waals surface area contributed by atoms with Gasteiger partial charge in [-0.2, -0.15) is 12.7 Å². The van der Waals surface area contributed by atoms with Crippen LogP contribution in [0.5, 0.6) is 0 Å². The molecule has 0 aliphatic heterocycles. The smallest absolute Gasteiger partial charge is 0.404 e. The SMILES string of the molecule is CN(C)S(=O)(=O)NCCCCC(NC(=O)O)C(O)C(=O)NCc1cccnc1. The number of amides is 2. The van der Waals surface area contributed by atoms with Crippen LogP contribution in [0.4, 0.5) is 4.79 Å². The molecule has 2 amide bonds. The van der Waals surface area contributed by atoms with Crippen LogP contribution in [-0.2, 0) is 21.5 Å². The zero-order chi connectivity index (χ0) is 21.2. The summed E-state index contributed by atoms with van der Waals surface area (Å²) in [5.74, 6) is -0.712. The molecule has 1 aromatic heterocycles. The van der Waals surface area contributed by atoms with Crippen LogP contribution in [0, 0.1) is 0 Å². The first-order chi connectivity index (χ1) is 13.1. The molecule has 0 aromatic carbocycles. The van der Waals surface area contributed by atoms with Crippen molar-refractivity contribution in [3.63, 3.8) is 0 Å². The minimum atomic E-state index is -3.53. The predicted molar refractivity (Wildman–Crippen MR) is 101 cm³/mol. The largest absolute Gasteiger partial charge is 0.465 e. The topological polar surface area (TPSA) is 161 Å². The van der Waals surface area contributed by atoms with Crippen LogP contribution in [0.15, 0.2) is 24.5 Å². The van der Waals surface area contributed by atoms with Gasteiger partial charge in [0.25, 0.3) is 16.1 Å². The Hall–Kier alpha value is -2.28. The van der Waals surface area contributed by atoms with Crippen molar-refractivity contribution in [2.75, 3.05) is 20.6 Å². The second-order valence-corrected chi connectivity index (χ2v) is 8.23. The minimum Gasteiger partial charge on any atom is -0.465 e. The van der Waals surface area contributed by atoms with Crippen LogP contribution in [-0.4, -0.2) is 72.7 Å². The third-order valence-corrected chi connectivity index (χ3v) is 5.39. The van der Waals surface area contributed by atoms with E-state index < -0.39 is 34.4 Å². The number of carbonyl (C=O) groups is 2. The summed E-state index contributed by atoms with van der Waals surface area (Å²) in [6, 6.07) is 2.44. The van der Waals surface area contributed by atoms with Gasteiger partial charge in [0, 0.05) is 39.6 Å². The van der Waals surface area contributed by atoms with E-state index in [4.69, 9.17) is 5.11 Å². The number of aliphatic hydroxyl groups excluding tert-OH is 1. The van der Waals surface area contributed by atoms with Gasteiger partial charge >= 0.3 is 6.09 Å². The molecule has 11 nitrogen and oxygen atoms in total. The molecular weight excluding hydrogens is 390 g/mol. The maximum Gasteiger partial charge on any atom is 0.404 e. The fourth-order valence-corrected chi connectivity index (χ4v) is 2.93. The van der Waals surface area contributed by atoms with Crippen LogP contribution >= 0.6 is 0 Å². The Bertz CT molecular complexity index is 728. The van der Waals surface area contributed by atoms with Gasteiger partial charge in [0.05, 0.1) is 6.04 Å². The van der Waals surface area contributed by atoms with Crippen LogP contribution in [0.1, 0.15) is 24.8 Å². The monoisotopic (exact) mass is 417 g/mol. The van der Waals surface area contributed by atoms with Gasteiger partial charge in [-0.05, 0) is 30.9 Å². The van der Waals surface area contributed by atoms with Gasteiger partial charge in [-0.1, -0.05) is 6.07 Å². The fraction of sp³-hybridized carbons (Fsp3) is 0.562. The van der Waals surface area contributed by atoms with Gasteiger partial charge in [0.15, 0.2) is 6.10 Å². The summed E-state index contributed by atoms with van der Waals surface area (Å²) in [6.45, 7) is 0.305. The molecule has 1 aromatic rings. The lowest BCUT2D eigenvalue weighted by Gasteiger charge is -2.22. The quantitative estimate of drug-likeness (QED) is 0.280. The van der Waals surface area contributed by atoms with E-state index in [1.165, 1.54) is 14.1 Å². The van der Waals surface area contributed by atoms with E-state index in [2.05, 4.69) is 20.3 Å². The Labute approximate surface area is 164 Å². The highest BCUT2D eigenvalue weighted by Gasteiger charge is 2.27. The van der Waals surface area contributed by atoms with Crippen molar-refractivity contribution in [3.8, 4) is 0 Å². The van der Waals surface area contributed by atoms with Crippen molar-refractivity contribution in [1.82, 2.24) is 24.6 Å².